The summed E-state index contributed by atoms with van der Waals surface area (Å²) in [7, 11) is 0. The molecule has 1 aromatic rings. The van der Waals surface area contributed by atoms with E-state index in [0.29, 0.717) is 17.8 Å². The molecule has 14 heavy (non-hydrogen) atoms. The number of rotatable bonds is 1. The Bertz CT molecular complexity index is 333. The molecule has 0 aromatic carbocycles. The highest BCUT2D eigenvalue weighted by molar-refractivity contribution is 5.91. The van der Waals surface area contributed by atoms with E-state index in [0.717, 1.165) is 13.1 Å². The molecule has 4 rings (SSSR count). The number of nitrogens with one attached hydrogen (secondary N) is 1. The topological polar surface area (TPSA) is 58.4 Å². The first-order valence-electron chi connectivity index (χ1n) is 4.79. The van der Waals surface area contributed by atoms with Gasteiger partial charge in [0, 0.05) is 31.2 Å². The van der Waals surface area contributed by atoms with Gasteiger partial charge in [-0.15, -0.1) is 0 Å². The third kappa shape index (κ3) is 1.13. The van der Waals surface area contributed by atoms with E-state index in [1.807, 2.05) is 4.90 Å². The van der Waals surface area contributed by atoms with Gasteiger partial charge in [-0.1, -0.05) is 5.16 Å². The molecule has 0 spiro atoms. The number of carbonyl (C=O) groups is 1. The van der Waals surface area contributed by atoms with Crippen molar-refractivity contribution in [3.63, 3.8) is 0 Å². The van der Waals surface area contributed by atoms with Gasteiger partial charge in [-0.3, -0.25) is 4.79 Å². The first-order valence-corrected chi connectivity index (χ1v) is 4.79. The summed E-state index contributed by atoms with van der Waals surface area (Å²) in [6.45, 7) is 1.58. The summed E-state index contributed by atoms with van der Waals surface area (Å²) in [5, 5.41) is 6.90. The molecule has 5 nitrogen and oxygen atoms in total. The Kier molecular flexibility index (Phi) is 1.61. The molecule has 3 saturated heterocycles. The van der Waals surface area contributed by atoms with Gasteiger partial charge >= 0.3 is 0 Å². The minimum Gasteiger partial charge on any atom is -0.351 e. The lowest BCUT2D eigenvalue weighted by Crippen LogP contribution is -2.67. The fourth-order valence-corrected chi connectivity index (χ4v) is 2.16. The van der Waals surface area contributed by atoms with E-state index >= 15 is 0 Å². The molecule has 3 aliphatic heterocycles. The second-order valence-corrected chi connectivity index (χ2v) is 3.88. The van der Waals surface area contributed by atoms with Gasteiger partial charge in [0.25, 0.3) is 5.91 Å². The SMILES string of the molecule is O=C(c1ccno1)N1CC2CC(C1)N2. The third-order valence-electron chi connectivity index (χ3n) is 2.86. The molecule has 0 radical (unpaired) electrons. The quantitative estimate of drug-likeness (QED) is 0.674. The minimum absolute atomic E-state index is 0.0429. The summed E-state index contributed by atoms with van der Waals surface area (Å²) in [5.74, 6) is 0.296. The smallest absolute Gasteiger partial charge is 0.292 e. The van der Waals surface area contributed by atoms with Crippen LogP contribution in [0.15, 0.2) is 16.8 Å². The Morgan fingerprint density at radius 1 is 1.57 bits per heavy atom. The average Bonchev–Trinajstić information content (AvgIpc) is 2.68. The highest BCUT2D eigenvalue weighted by Crippen LogP contribution is 2.22. The highest BCUT2D eigenvalue weighted by atomic mass is 16.5. The van der Waals surface area contributed by atoms with E-state index in [4.69, 9.17) is 4.52 Å². The van der Waals surface area contributed by atoms with Crippen LogP contribution in [0.1, 0.15) is 17.0 Å². The summed E-state index contributed by atoms with van der Waals surface area (Å²) in [6, 6.07) is 2.58. The van der Waals surface area contributed by atoms with Crippen LogP contribution in [-0.4, -0.2) is 41.1 Å². The van der Waals surface area contributed by atoms with E-state index < -0.39 is 0 Å². The van der Waals surface area contributed by atoms with Crippen molar-refractivity contribution in [2.75, 3.05) is 13.1 Å². The number of piperazine rings is 1. The predicted molar refractivity (Wildman–Crippen MR) is 47.7 cm³/mol. The molecule has 4 heterocycles. The summed E-state index contributed by atoms with van der Waals surface area (Å²) in [4.78, 5) is 13.6. The van der Waals surface area contributed by atoms with Gasteiger partial charge < -0.3 is 14.7 Å². The van der Waals surface area contributed by atoms with Gasteiger partial charge in [-0.25, -0.2) is 0 Å². The lowest BCUT2D eigenvalue weighted by molar-refractivity contribution is 0.0437. The summed E-state index contributed by atoms with van der Waals surface area (Å²) in [6.07, 6.45) is 2.69. The van der Waals surface area contributed by atoms with Crippen molar-refractivity contribution >= 4 is 5.91 Å². The van der Waals surface area contributed by atoms with Gasteiger partial charge in [0.05, 0.1) is 6.20 Å². The molecule has 2 atom stereocenters. The number of hydrogen-bond acceptors (Lipinski definition) is 4. The van der Waals surface area contributed by atoms with Crippen LogP contribution in [0.2, 0.25) is 0 Å². The number of aromatic nitrogens is 1. The summed E-state index contributed by atoms with van der Waals surface area (Å²) >= 11 is 0. The molecule has 0 aliphatic carbocycles. The monoisotopic (exact) mass is 193 g/mol. The number of piperidine rings is 1. The van der Waals surface area contributed by atoms with E-state index in [-0.39, 0.29) is 5.91 Å². The summed E-state index contributed by atoms with van der Waals surface area (Å²) in [5.41, 5.74) is 0. The van der Waals surface area contributed by atoms with Crippen molar-refractivity contribution in [3.8, 4) is 0 Å². The number of hydrogen-bond donors (Lipinski definition) is 1. The number of fused-ring (bicyclic) bond motifs is 2. The largest absolute Gasteiger partial charge is 0.351 e. The zero-order chi connectivity index (χ0) is 9.54. The van der Waals surface area contributed by atoms with Crippen LogP contribution in [-0.2, 0) is 0 Å². The van der Waals surface area contributed by atoms with Crippen molar-refractivity contribution < 1.29 is 9.32 Å². The molecule has 0 saturated carbocycles. The van der Waals surface area contributed by atoms with E-state index in [2.05, 4.69) is 10.5 Å². The van der Waals surface area contributed by atoms with E-state index in [1.54, 1.807) is 6.07 Å². The molecule has 2 unspecified atom stereocenters. The van der Waals surface area contributed by atoms with Crippen LogP contribution >= 0.6 is 0 Å². The molecule has 2 bridgehead atoms. The molecule has 1 aromatic heterocycles. The van der Waals surface area contributed by atoms with Gasteiger partial charge in [-0.2, -0.15) is 0 Å². The molecular weight excluding hydrogens is 182 g/mol. The molecule has 1 amide bonds. The zero-order valence-corrected chi connectivity index (χ0v) is 7.64. The van der Waals surface area contributed by atoms with Crippen molar-refractivity contribution in [3.05, 3.63) is 18.0 Å². The average molecular weight is 193 g/mol. The lowest BCUT2D eigenvalue weighted by atomic mass is 9.91. The normalized spacial score (nSPS) is 29.9. The third-order valence-corrected chi connectivity index (χ3v) is 2.86. The second-order valence-electron chi connectivity index (χ2n) is 3.88. The van der Waals surface area contributed by atoms with Crippen molar-refractivity contribution in [2.45, 2.75) is 18.5 Å². The Balaban J connectivity index is 1.74. The van der Waals surface area contributed by atoms with Crippen LogP contribution < -0.4 is 5.32 Å². The van der Waals surface area contributed by atoms with Gasteiger partial charge in [-0.05, 0) is 6.42 Å². The number of nitrogens with zero attached hydrogens (tertiary/aromatic N) is 2. The van der Waals surface area contributed by atoms with Crippen LogP contribution in [0.25, 0.3) is 0 Å². The zero-order valence-electron chi connectivity index (χ0n) is 7.64. The lowest BCUT2D eigenvalue weighted by Gasteiger charge is -2.47. The Labute approximate surface area is 81.0 Å². The Hall–Kier alpha value is -1.36. The second kappa shape index (κ2) is 2.81. The molecule has 3 fully saturated rings. The fraction of sp³-hybridized carbons (Fsp3) is 0.556. The van der Waals surface area contributed by atoms with Crippen molar-refractivity contribution in [1.82, 2.24) is 15.4 Å². The highest BCUT2D eigenvalue weighted by Gasteiger charge is 2.39. The minimum atomic E-state index is -0.0429. The summed E-state index contributed by atoms with van der Waals surface area (Å²) < 4.78 is 4.84. The van der Waals surface area contributed by atoms with Crippen LogP contribution in [0, 0.1) is 0 Å². The van der Waals surface area contributed by atoms with E-state index in [1.165, 1.54) is 12.6 Å². The van der Waals surface area contributed by atoms with Crippen molar-refractivity contribution in [1.29, 1.82) is 0 Å². The maximum Gasteiger partial charge on any atom is 0.292 e. The van der Waals surface area contributed by atoms with Gasteiger partial charge in [0.15, 0.2) is 0 Å². The maximum absolute atomic E-state index is 11.8. The Morgan fingerprint density at radius 3 is 2.86 bits per heavy atom. The molecule has 1 N–H and O–H groups in total. The van der Waals surface area contributed by atoms with Crippen molar-refractivity contribution in [2.24, 2.45) is 0 Å². The number of amides is 1. The van der Waals surface area contributed by atoms with Gasteiger partial charge in [0.2, 0.25) is 5.76 Å². The molecular formula is C9H11N3O2. The molecule has 3 aliphatic rings. The first-order chi connectivity index (χ1) is 6.83. The van der Waals surface area contributed by atoms with Crippen LogP contribution in [0.4, 0.5) is 0 Å². The maximum atomic E-state index is 11.8. The molecule has 5 heteroatoms. The van der Waals surface area contributed by atoms with E-state index in [9.17, 15) is 4.79 Å². The fourth-order valence-electron chi connectivity index (χ4n) is 2.16. The Morgan fingerprint density at radius 2 is 2.29 bits per heavy atom. The first kappa shape index (κ1) is 7.99. The predicted octanol–water partition coefficient (Wildman–Crippen LogP) is -0.139. The van der Waals surface area contributed by atoms with Crippen LogP contribution in [0.5, 0.6) is 0 Å². The number of carbonyl (C=O) groups excluding carboxylic acids is 1. The molecule has 74 valence electrons. The standard InChI is InChI=1S/C9H11N3O2/c13-9(8-1-2-10-14-8)12-4-6-3-7(5-12)11-6/h1-2,6-7,11H,3-5H2. The van der Waals surface area contributed by atoms with Gasteiger partial charge in [0.1, 0.15) is 0 Å². The van der Waals surface area contributed by atoms with Crippen LogP contribution in [0.3, 0.4) is 0 Å².